The maximum Gasteiger partial charge on any atom is 0.337 e. The third-order valence-electron chi connectivity index (χ3n) is 2.14. The standard InChI is InChI=1S/C12H11NO4/c1-8-2-3-10(17-8)7-16-11-4-9(12(14)15)5-13-6-11/h2-6H,7H2,1H3,(H,14,15). The van der Waals surface area contributed by atoms with Crippen molar-refractivity contribution in [3.8, 4) is 5.75 Å². The van der Waals surface area contributed by atoms with Gasteiger partial charge in [-0.15, -0.1) is 0 Å². The molecule has 0 fully saturated rings. The average molecular weight is 233 g/mol. The third-order valence-corrected chi connectivity index (χ3v) is 2.14. The molecule has 2 rings (SSSR count). The van der Waals surface area contributed by atoms with Crippen LogP contribution in [0.5, 0.6) is 5.75 Å². The van der Waals surface area contributed by atoms with Crippen LogP contribution >= 0.6 is 0 Å². The fourth-order valence-electron chi connectivity index (χ4n) is 1.33. The van der Waals surface area contributed by atoms with E-state index < -0.39 is 5.97 Å². The molecule has 0 aliphatic carbocycles. The molecule has 5 nitrogen and oxygen atoms in total. The van der Waals surface area contributed by atoms with Gasteiger partial charge in [-0.25, -0.2) is 4.79 Å². The summed E-state index contributed by atoms with van der Waals surface area (Å²) >= 11 is 0. The van der Waals surface area contributed by atoms with E-state index in [2.05, 4.69) is 4.98 Å². The predicted octanol–water partition coefficient (Wildman–Crippen LogP) is 2.26. The highest BCUT2D eigenvalue weighted by Crippen LogP contribution is 2.14. The number of rotatable bonds is 4. The molecule has 0 aliphatic heterocycles. The van der Waals surface area contributed by atoms with E-state index >= 15 is 0 Å². The first-order valence-electron chi connectivity index (χ1n) is 5.01. The van der Waals surface area contributed by atoms with Gasteiger partial charge in [0.05, 0.1) is 11.8 Å². The molecular formula is C12H11NO4. The van der Waals surface area contributed by atoms with Gasteiger partial charge in [0.1, 0.15) is 23.9 Å². The van der Waals surface area contributed by atoms with Crippen molar-refractivity contribution in [2.45, 2.75) is 13.5 Å². The number of furan rings is 1. The van der Waals surface area contributed by atoms with Gasteiger partial charge in [-0.3, -0.25) is 4.98 Å². The van der Waals surface area contributed by atoms with Crippen LogP contribution in [0.3, 0.4) is 0 Å². The number of ether oxygens (including phenoxy) is 1. The van der Waals surface area contributed by atoms with Crippen LogP contribution in [-0.2, 0) is 6.61 Å². The summed E-state index contributed by atoms with van der Waals surface area (Å²) in [6.45, 7) is 2.09. The first-order valence-corrected chi connectivity index (χ1v) is 5.01. The molecule has 2 aromatic rings. The summed E-state index contributed by atoms with van der Waals surface area (Å²) < 4.78 is 10.7. The number of aromatic carboxylic acids is 1. The highest BCUT2D eigenvalue weighted by Gasteiger charge is 2.05. The fraction of sp³-hybridized carbons (Fsp3) is 0.167. The number of aromatic nitrogens is 1. The zero-order chi connectivity index (χ0) is 12.3. The number of pyridine rings is 1. The van der Waals surface area contributed by atoms with E-state index in [4.69, 9.17) is 14.3 Å². The second kappa shape index (κ2) is 4.69. The molecule has 0 saturated heterocycles. The molecule has 2 aromatic heterocycles. The van der Waals surface area contributed by atoms with E-state index in [1.165, 1.54) is 18.5 Å². The fourth-order valence-corrected chi connectivity index (χ4v) is 1.33. The zero-order valence-electron chi connectivity index (χ0n) is 9.21. The van der Waals surface area contributed by atoms with Crippen LogP contribution in [0.2, 0.25) is 0 Å². The minimum Gasteiger partial charge on any atom is -0.484 e. The highest BCUT2D eigenvalue weighted by molar-refractivity contribution is 5.87. The maximum atomic E-state index is 10.7. The molecule has 0 unspecified atom stereocenters. The van der Waals surface area contributed by atoms with Crippen LogP contribution in [-0.4, -0.2) is 16.1 Å². The van der Waals surface area contributed by atoms with Crippen LogP contribution < -0.4 is 4.74 Å². The zero-order valence-corrected chi connectivity index (χ0v) is 9.21. The average Bonchev–Trinajstić information content (AvgIpc) is 2.73. The van der Waals surface area contributed by atoms with Crippen LogP contribution in [0.25, 0.3) is 0 Å². The second-order valence-electron chi connectivity index (χ2n) is 3.52. The Hall–Kier alpha value is -2.30. The van der Waals surface area contributed by atoms with Crippen LogP contribution in [0.1, 0.15) is 21.9 Å². The minimum absolute atomic E-state index is 0.0955. The van der Waals surface area contributed by atoms with E-state index in [-0.39, 0.29) is 12.2 Å². The van der Waals surface area contributed by atoms with Crippen molar-refractivity contribution in [3.63, 3.8) is 0 Å². The van der Waals surface area contributed by atoms with Crippen molar-refractivity contribution < 1.29 is 19.1 Å². The van der Waals surface area contributed by atoms with Gasteiger partial charge in [0.2, 0.25) is 0 Å². The summed E-state index contributed by atoms with van der Waals surface area (Å²) in [6.07, 6.45) is 2.73. The Morgan fingerprint density at radius 3 is 2.94 bits per heavy atom. The SMILES string of the molecule is Cc1ccc(COc2cncc(C(=O)O)c2)o1. The molecule has 0 spiro atoms. The van der Waals surface area contributed by atoms with Gasteiger partial charge in [0.15, 0.2) is 0 Å². The topological polar surface area (TPSA) is 72.6 Å². The molecule has 17 heavy (non-hydrogen) atoms. The van der Waals surface area contributed by atoms with Crippen molar-refractivity contribution in [1.29, 1.82) is 0 Å². The lowest BCUT2D eigenvalue weighted by Crippen LogP contribution is -1.99. The normalized spacial score (nSPS) is 10.2. The van der Waals surface area contributed by atoms with Crippen molar-refractivity contribution in [2.24, 2.45) is 0 Å². The molecule has 0 saturated carbocycles. The number of aryl methyl sites for hydroxylation is 1. The van der Waals surface area contributed by atoms with E-state index in [1.807, 2.05) is 19.1 Å². The van der Waals surface area contributed by atoms with E-state index in [9.17, 15) is 4.79 Å². The van der Waals surface area contributed by atoms with Gasteiger partial charge >= 0.3 is 5.97 Å². The lowest BCUT2D eigenvalue weighted by molar-refractivity contribution is 0.0696. The monoisotopic (exact) mass is 233 g/mol. The first kappa shape index (κ1) is 11.2. The second-order valence-corrected chi connectivity index (χ2v) is 3.52. The van der Waals surface area contributed by atoms with Crippen molar-refractivity contribution in [2.75, 3.05) is 0 Å². The van der Waals surface area contributed by atoms with Crippen LogP contribution in [0.15, 0.2) is 35.0 Å². The largest absolute Gasteiger partial charge is 0.484 e. The molecule has 0 aromatic carbocycles. The number of carboxylic acids is 1. The smallest absolute Gasteiger partial charge is 0.337 e. The first-order chi connectivity index (χ1) is 8.15. The van der Waals surface area contributed by atoms with E-state index in [1.54, 1.807) is 0 Å². The predicted molar refractivity (Wildman–Crippen MR) is 59.0 cm³/mol. The Morgan fingerprint density at radius 2 is 2.29 bits per heavy atom. The Labute approximate surface area is 97.7 Å². The molecule has 1 N–H and O–H groups in total. The molecule has 0 atom stereocenters. The Bertz CT molecular complexity index is 533. The van der Waals surface area contributed by atoms with E-state index in [0.29, 0.717) is 11.5 Å². The summed E-state index contributed by atoms with van der Waals surface area (Å²) in [7, 11) is 0. The van der Waals surface area contributed by atoms with Gasteiger partial charge in [0, 0.05) is 6.20 Å². The summed E-state index contributed by atoms with van der Waals surface area (Å²) in [5.74, 6) is 0.861. The van der Waals surface area contributed by atoms with Gasteiger partial charge in [-0.1, -0.05) is 0 Å². The molecular weight excluding hydrogens is 222 g/mol. The number of nitrogens with zero attached hydrogens (tertiary/aromatic N) is 1. The molecule has 0 aliphatic rings. The summed E-state index contributed by atoms with van der Waals surface area (Å²) in [4.78, 5) is 14.5. The number of hydrogen-bond acceptors (Lipinski definition) is 4. The molecule has 2 heterocycles. The highest BCUT2D eigenvalue weighted by atomic mass is 16.5. The van der Waals surface area contributed by atoms with Gasteiger partial charge in [-0.05, 0) is 25.1 Å². The quantitative estimate of drug-likeness (QED) is 0.876. The van der Waals surface area contributed by atoms with Gasteiger partial charge < -0.3 is 14.3 Å². The summed E-state index contributed by atoms with van der Waals surface area (Å²) in [5.41, 5.74) is 0.0955. The van der Waals surface area contributed by atoms with Crippen molar-refractivity contribution in [3.05, 3.63) is 47.7 Å². The molecule has 0 bridgehead atoms. The number of carboxylic acid groups (broad SMARTS) is 1. The molecule has 0 radical (unpaired) electrons. The molecule has 5 heteroatoms. The third kappa shape index (κ3) is 2.84. The maximum absolute atomic E-state index is 10.7. The Kier molecular flexibility index (Phi) is 3.09. The lowest BCUT2D eigenvalue weighted by atomic mass is 10.3. The summed E-state index contributed by atoms with van der Waals surface area (Å²) in [5, 5.41) is 8.78. The summed E-state index contributed by atoms with van der Waals surface area (Å²) in [6, 6.07) is 5.07. The van der Waals surface area contributed by atoms with Gasteiger partial charge in [0.25, 0.3) is 0 Å². The molecule has 88 valence electrons. The van der Waals surface area contributed by atoms with E-state index in [0.717, 1.165) is 5.76 Å². The van der Waals surface area contributed by atoms with Crippen LogP contribution in [0, 0.1) is 6.92 Å². The number of carbonyl (C=O) groups is 1. The Morgan fingerprint density at radius 1 is 1.47 bits per heavy atom. The van der Waals surface area contributed by atoms with Gasteiger partial charge in [-0.2, -0.15) is 0 Å². The lowest BCUT2D eigenvalue weighted by Gasteiger charge is -2.04. The minimum atomic E-state index is -1.03. The number of hydrogen-bond donors (Lipinski definition) is 1. The van der Waals surface area contributed by atoms with Crippen molar-refractivity contribution in [1.82, 2.24) is 4.98 Å². The molecule has 0 amide bonds. The van der Waals surface area contributed by atoms with Crippen molar-refractivity contribution >= 4 is 5.97 Å². The van der Waals surface area contributed by atoms with Crippen LogP contribution in [0.4, 0.5) is 0 Å². The Balaban J connectivity index is 2.04.